The number of ether oxygens (including phenoxy) is 1. The van der Waals surface area contributed by atoms with Crippen LogP contribution in [0.25, 0.3) is 0 Å². The fourth-order valence-corrected chi connectivity index (χ4v) is 2.62. The van der Waals surface area contributed by atoms with Crippen molar-refractivity contribution in [2.75, 3.05) is 6.61 Å². The molecule has 4 atom stereocenters. The lowest BCUT2D eigenvalue weighted by atomic mass is 10.0. The molecule has 64 valence electrons. The molecule has 4 unspecified atom stereocenters. The summed E-state index contributed by atoms with van der Waals surface area (Å²) in [6, 6.07) is 0. The van der Waals surface area contributed by atoms with E-state index in [1.54, 1.807) is 0 Å². The topological polar surface area (TPSA) is 38.7 Å². The molecule has 0 radical (unpaired) electrons. The highest BCUT2D eigenvalue weighted by Crippen LogP contribution is 2.42. The maximum atomic E-state index is 8.92. The number of aliphatic hydroxyl groups is 1. The Morgan fingerprint density at radius 1 is 1.64 bits per heavy atom. The second kappa shape index (κ2) is 2.94. The van der Waals surface area contributed by atoms with Crippen LogP contribution in [0.4, 0.5) is 0 Å². The molecule has 2 aliphatic heterocycles. The summed E-state index contributed by atoms with van der Waals surface area (Å²) in [7, 11) is 0. The van der Waals surface area contributed by atoms with E-state index in [4.69, 9.17) is 14.0 Å². The zero-order chi connectivity index (χ0) is 7.84. The molecule has 0 bridgehead atoms. The molecule has 2 heterocycles. The van der Waals surface area contributed by atoms with E-state index in [0.29, 0.717) is 5.25 Å². The van der Waals surface area contributed by atoms with E-state index in [1.807, 2.05) is 6.92 Å². The van der Waals surface area contributed by atoms with Gasteiger partial charge in [-0.3, -0.25) is 0 Å². The van der Waals surface area contributed by atoms with Crippen molar-refractivity contribution in [3.8, 4) is 0 Å². The highest BCUT2D eigenvalue weighted by Gasteiger charge is 2.45. The molecule has 2 aliphatic rings. The Kier molecular flexibility index (Phi) is 2.10. The van der Waals surface area contributed by atoms with Gasteiger partial charge in [-0.1, -0.05) is 0 Å². The quantitative estimate of drug-likeness (QED) is 0.593. The first kappa shape index (κ1) is 7.86. The van der Waals surface area contributed by atoms with Crippen LogP contribution in [0.2, 0.25) is 0 Å². The van der Waals surface area contributed by atoms with Gasteiger partial charge in [0.05, 0.1) is 18.0 Å². The van der Waals surface area contributed by atoms with Gasteiger partial charge in [0, 0.05) is 0 Å². The van der Waals surface area contributed by atoms with Gasteiger partial charge in [0.15, 0.2) is 0 Å². The van der Waals surface area contributed by atoms with Crippen LogP contribution in [-0.4, -0.2) is 35.3 Å². The molecule has 0 saturated carbocycles. The summed E-state index contributed by atoms with van der Waals surface area (Å²) in [5.74, 6) is 0. The summed E-state index contributed by atoms with van der Waals surface area (Å²) < 4.78 is 10.7. The Hall–Kier alpha value is 0.230. The Morgan fingerprint density at radius 3 is 3.00 bits per heavy atom. The minimum Gasteiger partial charge on any atom is -0.394 e. The minimum atomic E-state index is -0.0926. The number of rotatable bonds is 1. The Morgan fingerprint density at radius 2 is 2.45 bits per heavy atom. The van der Waals surface area contributed by atoms with E-state index in [9.17, 15) is 0 Å². The molecule has 2 saturated heterocycles. The largest absolute Gasteiger partial charge is 0.394 e. The average Bonchev–Trinajstić information content (AvgIpc) is 1.95. The zero-order valence-corrected chi connectivity index (χ0v) is 7.21. The molecule has 1 N–H and O–H groups in total. The molecule has 11 heavy (non-hydrogen) atoms. The summed E-state index contributed by atoms with van der Waals surface area (Å²) >= 11 is 1.52. The number of fused-ring (bicyclic) bond motifs is 1. The van der Waals surface area contributed by atoms with Gasteiger partial charge in [-0.25, -0.2) is 0 Å². The molecule has 4 heteroatoms. The summed E-state index contributed by atoms with van der Waals surface area (Å²) in [5.41, 5.74) is 0. The van der Waals surface area contributed by atoms with Crippen molar-refractivity contribution in [3.63, 3.8) is 0 Å². The van der Waals surface area contributed by atoms with Gasteiger partial charge in [-0.15, -0.1) is 0 Å². The second-order valence-electron chi connectivity index (χ2n) is 3.10. The maximum Gasteiger partial charge on any atom is 0.115 e. The van der Waals surface area contributed by atoms with E-state index < -0.39 is 0 Å². The lowest BCUT2D eigenvalue weighted by Gasteiger charge is -2.45. The molecule has 0 aromatic rings. The van der Waals surface area contributed by atoms with E-state index >= 15 is 0 Å². The smallest absolute Gasteiger partial charge is 0.115 e. The maximum absolute atomic E-state index is 8.92. The van der Waals surface area contributed by atoms with Crippen LogP contribution in [0.5, 0.6) is 0 Å². The van der Waals surface area contributed by atoms with Gasteiger partial charge in [0.1, 0.15) is 12.2 Å². The molecular weight excluding hydrogens is 164 g/mol. The van der Waals surface area contributed by atoms with Crippen molar-refractivity contribution in [2.45, 2.75) is 36.9 Å². The van der Waals surface area contributed by atoms with Crippen LogP contribution in [0.1, 0.15) is 13.3 Å². The van der Waals surface area contributed by atoms with Crippen LogP contribution in [-0.2, 0) is 8.92 Å². The number of aliphatic hydroxyl groups excluding tert-OH is 1. The first-order valence-corrected chi connectivity index (χ1v) is 4.70. The van der Waals surface area contributed by atoms with Crippen LogP contribution in [0.3, 0.4) is 0 Å². The summed E-state index contributed by atoms with van der Waals surface area (Å²) in [4.78, 5) is 0. The lowest BCUT2D eigenvalue weighted by Crippen LogP contribution is -2.53. The Balaban J connectivity index is 1.98. The second-order valence-corrected chi connectivity index (χ2v) is 4.09. The molecule has 0 spiro atoms. The number of hydrogen-bond donors (Lipinski definition) is 1. The Bertz CT molecular complexity index is 153. The highest BCUT2D eigenvalue weighted by molar-refractivity contribution is 7.96. The van der Waals surface area contributed by atoms with E-state index in [0.717, 1.165) is 6.42 Å². The average molecular weight is 176 g/mol. The third kappa shape index (κ3) is 1.28. The standard InChI is InChI=1S/C7H12O3S/c1-4-2-6-7(10-11-6)5(3-8)9-4/h4-8H,2-3H2,1H3. The molecule has 0 amide bonds. The minimum absolute atomic E-state index is 0.0755. The van der Waals surface area contributed by atoms with E-state index in [1.165, 1.54) is 12.0 Å². The van der Waals surface area contributed by atoms with Crippen molar-refractivity contribution in [1.82, 2.24) is 0 Å². The van der Waals surface area contributed by atoms with Gasteiger partial charge in [0.25, 0.3) is 0 Å². The molecule has 0 aromatic carbocycles. The van der Waals surface area contributed by atoms with Crippen molar-refractivity contribution in [1.29, 1.82) is 0 Å². The van der Waals surface area contributed by atoms with Gasteiger partial charge in [0.2, 0.25) is 0 Å². The van der Waals surface area contributed by atoms with E-state index in [-0.39, 0.29) is 24.9 Å². The summed E-state index contributed by atoms with van der Waals surface area (Å²) in [6.45, 7) is 2.11. The van der Waals surface area contributed by atoms with Gasteiger partial charge >= 0.3 is 0 Å². The van der Waals surface area contributed by atoms with Crippen LogP contribution >= 0.6 is 12.0 Å². The monoisotopic (exact) mass is 176 g/mol. The first-order chi connectivity index (χ1) is 5.31. The highest BCUT2D eigenvalue weighted by atomic mass is 32.2. The molecule has 0 aliphatic carbocycles. The lowest BCUT2D eigenvalue weighted by molar-refractivity contribution is -0.126. The molecule has 2 rings (SSSR count). The van der Waals surface area contributed by atoms with Crippen molar-refractivity contribution < 1.29 is 14.0 Å². The SMILES string of the molecule is CC1CC2SOC2C(CO)O1. The number of hydrogen-bond acceptors (Lipinski definition) is 4. The van der Waals surface area contributed by atoms with Gasteiger partial charge < -0.3 is 14.0 Å². The zero-order valence-electron chi connectivity index (χ0n) is 6.40. The fourth-order valence-electron chi connectivity index (χ4n) is 1.58. The molecule has 3 nitrogen and oxygen atoms in total. The summed E-state index contributed by atoms with van der Waals surface area (Å²) in [5, 5.41) is 9.47. The van der Waals surface area contributed by atoms with Crippen LogP contribution in [0, 0.1) is 0 Å². The van der Waals surface area contributed by atoms with Crippen molar-refractivity contribution in [2.24, 2.45) is 0 Å². The molecule has 2 fully saturated rings. The summed E-state index contributed by atoms with van der Waals surface area (Å²) in [6.07, 6.45) is 1.36. The fraction of sp³-hybridized carbons (Fsp3) is 1.00. The van der Waals surface area contributed by atoms with Crippen LogP contribution in [0.15, 0.2) is 0 Å². The van der Waals surface area contributed by atoms with Gasteiger partial charge in [-0.05, 0) is 25.4 Å². The van der Waals surface area contributed by atoms with Crippen molar-refractivity contribution >= 4 is 12.0 Å². The van der Waals surface area contributed by atoms with Gasteiger partial charge in [-0.2, -0.15) is 0 Å². The van der Waals surface area contributed by atoms with E-state index in [2.05, 4.69) is 0 Å². The van der Waals surface area contributed by atoms with Crippen LogP contribution < -0.4 is 0 Å². The third-order valence-corrected chi connectivity index (χ3v) is 3.22. The molecule has 0 aromatic heterocycles. The Labute approximate surface area is 70.3 Å². The van der Waals surface area contributed by atoms with Crippen molar-refractivity contribution in [3.05, 3.63) is 0 Å². The predicted octanol–water partition coefficient (Wildman–Crippen LogP) is 0.572. The normalized spacial score (nSPS) is 49.6. The first-order valence-electron chi connectivity index (χ1n) is 3.89. The predicted molar refractivity (Wildman–Crippen MR) is 42.3 cm³/mol. The third-order valence-electron chi connectivity index (χ3n) is 2.17. The molecular formula is C7H12O3S.